The number of hydrogen-bond donors (Lipinski definition) is 2. The van der Waals surface area contributed by atoms with Gasteiger partial charge in [-0.3, -0.25) is 0 Å². The van der Waals surface area contributed by atoms with Crippen molar-refractivity contribution in [1.82, 2.24) is 9.97 Å². The Labute approximate surface area is 108 Å². The van der Waals surface area contributed by atoms with Crippen LogP contribution < -0.4 is 16.0 Å². The first-order valence-electron chi connectivity index (χ1n) is 6.79. The van der Waals surface area contributed by atoms with Gasteiger partial charge in [0.05, 0.1) is 6.61 Å². The smallest absolute Gasteiger partial charge is 0.218 e. The minimum Gasteiger partial charge on any atom is -0.477 e. The van der Waals surface area contributed by atoms with E-state index < -0.39 is 0 Å². The lowest BCUT2D eigenvalue weighted by Crippen LogP contribution is -2.17. The molecule has 0 radical (unpaired) electrons. The summed E-state index contributed by atoms with van der Waals surface area (Å²) < 4.78 is 5.78. The molecule has 1 aromatic rings. The molecule has 2 rings (SSSR count). The van der Waals surface area contributed by atoms with Crippen LogP contribution in [0.2, 0.25) is 0 Å². The van der Waals surface area contributed by atoms with Gasteiger partial charge in [0.2, 0.25) is 5.88 Å². The van der Waals surface area contributed by atoms with E-state index in [1.165, 1.54) is 32.1 Å². The van der Waals surface area contributed by atoms with E-state index in [0.29, 0.717) is 17.6 Å². The van der Waals surface area contributed by atoms with Crippen LogP contribution in [0.15, 0.2) is 6.07 Å². The van der Waals surface area contributed by atoms with Gasteiger partial charge < -0.3 is 10.2 Å². The number of nitrogens with one attached hydrogen (secondary N) is 1. The topological polar surface area (TPSA) is 73.1 Å². The van der Waals surface area contributed by atoms with E-state index in [1.54, 1.807) is 6.07 Å². The Balaban J connectivity index is 1.94. The lowest BCUT2D eigenvalue weighted by Gasteiger charge is -2.21. The Morgan fingerprint density at radius 2 is 2.11 bits per heavy atom. The van der Waals surface area contributed by atoms with Crippen LogP contribution in [0.4, 0.5) is 5.82 Å². The van der Waals surface area contributed by atoms with E-state index in [2.05, 4.69) is 15.4 Å². The average molecular weight is 250 g/mol. The molecular weight excluding hydrogens is 228 g/mol. The third-order valence-electron chi connectivity index (χ3n) is 3.40. The van der Waals surface area contributed by atoms with E-state index in [1.807, 2.05) is 6.92 Å². The lowest BCUT2D eigenvalue weighted by molar-refractivity contribution is 0.202. The third kappa shape index (κ3) is 3.57. The Bertz CT molecular complexity index is 355. The van der Waals surface area contributed by atoms with E-state index in [0.717, 1.165) is 18.9 Å². The number of hydrazine groups is 1. The predicted molar refractivity (Wildman–Crippen MR) is 71.3 cm³/mol. The first-order chi connectivity index (χ1) is 8.81. The predicted octanol–water partition coefficient (Wildman–Crippen LogP) is 2.28. The highest BCUT2D eigenvalue weighted by Gasteiger charge is 2.14. The van der Waals surface area contributed by atoms with Gasteiger partial charge in [-0.05, 0) is 18.8 Å². The molecule has 0 amide bonds. The number of hydrogen-bond acceptors (Lipinski definition) is 5. The standard InChI is InChI=1S/C13H22N4O/c1-2-11-15-12(17-14)8-13(16-11)18-9-10-6-4-3-5-7-10/h8,10H,2-7,9,14H2,1H3,(H,15,16,17). The summed E-state index contributed by atoms with van der Waals surface area (Å²) in [7, 11) is 0. The first-order valence-corrected chi connectivity index (χ1v) is 6.79. The van der Waals surface area contributed by atoms with E-state index >= 15 is 0 Å². The zero-order valence-electron chi connectivity index (χ0n) is 11.0. The molecule has 18 heavy (non-hydrogen) atoms. The first kappa shape index (κ1) is 13.1. The molecule has 0 bridgehead atoms. The van der Waals surface area contributed by atoms with E-state index in [9.17, 15) is 0 Å². The maximum absolute atomic E-state index is 5.78. The number of aryl methyl sites for hydroxylation is 1. The minimum atomic E-state index is 0.612. The molecule has 1 fully saturated rings. The van der Waals surface area contributed by atoms with Gasteiger partial charge in [0, 0.05) is 12.5 Å². The second kappa shape index (κ2) is 6.54. The lowest BCUT2D eigenvalue weighted by atomic mass is 9.90. The molecule has 0 aromatic carbocycles. The summed E-state index contributed by atoms with van der Waals surface area (Å²) in [5.74, 6) is 8.05. The number of rotatable bonds is 5. The van der Waals surface area contributed by atoms with Crippen molar-refractivity contribution in [3.05, 3.63) is 11.9 Å². The van der Waals surface area contributed by atoms with Gasteiger partial charge in [0.1, 0.15) is 11.6 Å². The fraction of sp³-hybridized carbons (Fsp3) is 0.692. The number of aromatic nitrogens is 2. The molecule has 1 aliphatic carbocycles. The van der Waals surface area contributed by atoms with Crippen molar-refractivity contribution in [3.63, 3.8) is 0 Å². The quantitative estimate of drug-likeness (QED) is 0.619. The van der Waals surface area contributed by atoms with Gasteiger partial charge in [-0.25, -0.2) is 10.8 Å². The summed E-state index contributed by atoms with van der Waals surface area (Å²) >= 11 is 0. The van der Waals surface area contributed by atoms with Crippen molar-refractivity contribution in [2.45, 2.75) is 45.4 Å². The summed E-state index contributed by atoms with van der Waals surface area (Å²) in [5, 5.41) is 0. The monoisotopic (exact) mass is 250 g/mol. The van der Waals surface area contributed by atoms with Crippen LogP contribution in [-0.2, 0) is 6.42 Å². The molecule has 1 aromatic heterocycles. The van der Waals surface area contributed by atoms with Gasteiger partial charge >= 0.3 is 0 Å². The van der Waals surface area contributed by atoms with Gasteiger partial charge in [-0.15, -0.1) is 0 Å². The van der Waals surface area contributed by atoms with Crippen molar-refractivity contribution < 1.29 is 4.74 Å². The average Bonchev–Trinajstić information content (AvgIpc) is 2.45. The molecule has 0 aliphatic heterocycles. The highest BCUT2D eigenvalue weighted by Crippen LogP contribution is 2.24. The summed E-state index contributed by atoms with van der Waals surface area (Å²) in [5.41, 5.74) is 2.55. The van der Waals surface area contributed by atoms with Gasteiger partial charge in [0.15, 0.2) is 0 Å². The van der Waals surface area contributed by atoms with Crippen LogP contribution in [0.5, 0.6) is 5.88 Å². The molecule has 1 saturated carbocycles. The van der Waals surface area contributed by atoms with Crippen molar-refractivity contribution in [1.29, 1.82) is 0 Å². The fourth-order valence-corrected chi connectivity index (χ4v) is 2.34. The summed E-state index contributed by atoms with van der Waals surface area (Å²) in [6, 6.07) is 1.75. The molecule has 1 aliphatic rings. The number of anilines is 1. The zero-order chi connectivity index (χ0) is 12.8. The van der Waals surface area contributed by atoms with Gasteiger partial charge in [-0.1, -0.05) is 26.2 Å². The Kier molecular flexibility index (Phi) is 4.75. The molecule has 0 atom stereocenters. The largest absolute Gasteiger partial charge is 0.477 e. The third-order valence-corrected chi connectivity index (χ3v) is 3.40. The molecule has 100 valence electrons. The maximum atomic E-state index is 5.78. The van der Waals surface area contributed by atoms with E-state index in [-0.39, 0.29) is 0 Å². The fourth-order valence-electron chi connectivity index (χ4n) is 2.34. The van der Waals surface area contributed by atoms with Crippen LogP contribution in [0, 0.1) is 5.92 Å². The van der Waals surface area contributed by atoms with Gasteiger partial charge in [0.25, 0.3) is 0 Å². The Morgan fingerprint density at radius 1 is 1.33 bits per heavy atom. The molecular formula is C13H22N4O. The van der Waals surface area contributed by atoms with Crippen LogP contribution in [0.1, 0.15) is 44.9 Å². The van der Waals surface area contributed by atoms with E-state index in [4.69, 9.17) is 10.6 Å². The van der Waals surface area contributed by atoms with Crippen LogP contribution >= 0.6 is 0 Å². The second-order valence-electron chi connectivity index (χ2n) is 4.82. The number of ether oxygens (including phenoxy) is 1. The van der Waals surface area contributed by atoms with Crippen LogP contribution in [0.3, 0.4) is 0 Å². The van der Waals surface area contributed by atoms with Crippen molar-refractivity contribution >= 4 is 5.82 Å². The number of nitrogens with zero attached hydrogens (tertiary/aromatic N) is 2. The second-order valence-corrected chi connectivity index (χ2v) is 4.82. The highest BCUT2D eigenvalue weighted by atomic mass is 16.5. The summed E-state index contributed by atoms with van der Waals surface area (Å²) in [4.78, 5) is 8.59. The van der Waals surface area contributed by atoms with Crippen molar-refractivity contribution in [3.8, 4) is 5.88 Å². The van der Waals surface area contributed by atoms with Crippen molar-refractivity contribution in [2.24, 2.45) is 11.8 Å². The summed E-state index contributed by atoms with van der Waals surface area (Å²) in [6.45, 7) is 2.77. The molecule has 5 heteroatoms. The Morgan fingerprint density at radius 3 is 2.78 bits per heavy atom. The molecule has 1 heterocycles. The molecule has 0 saturated heterocycles. The van der Waals surface area contributed by atoms with Gasteiger partial charge in [-0.2, -0.15) is 4.98 Å². The van der Waals surface area contributed by atoms with Crippen molar-refractivity contribution in [2.75, 3.05) is 12.0 Å². The number of nitrogen functional groups attached to an aromatic ring is 1. The Hall–Kier alpha value is -1.36. The molecule has 0 spiro atoms. The highest BCUT2D eigenvalue weighted by molar-refractivity contribution is 5.36. The SMILES string of the molecule is CCc1nc(NN)cc(OCC2CCCCC2)n1. The normalized spacial score (nSPS) is 16.6. The number of nitrogens with two attached hydrogens (primary N) is 1. The van der Waals surface area contributed by atoms with Crippen LogP contribution in [-0.4, -0.2) is 16.6 Å². The summed E-state index contributed by atoms with van der Waals surface area (Å²) in [6.07, 6.45) is 7.34. The zero-order valence-corrected chi connectivity index (χ0v) is 11.0. The maximum Gasteiger partial charge on any atom is 0.218 e. The molecule has 3 N–H and O–H groups in total. The minimum absolute atomic E-state index is 0.612. The molecule has 0 unspecified atom stereocenters. The van der Waals surface area contributed by atoms with Crippen LogP contribution in [0.25, 0.3) is 0 Å². The molecule has 5 nitrogen and oxygen atoms in total.